The van der Waals surface area contributed by atoms with Crippen molar-refractivity contribution in [3.8, 4) is 17.1 Å². The van der Waals surface area contributed by atoms with Gasteiger partial charge in [0.15, 0.2) is 0 Å². The fraction of sp³-hybridized carbons (Fsp3) is 0.156. The predicted octanol–water partition coefficient (Wildman–Crippen LogP) is 8.46. The topological polar surface area (TPSA) is 58.5 Å². The summed E-state index contributed by atoms with van der Waals surface area (Å²) >= 11 is 1.42. The molecule has 41 heavy (non-hydrogen) atoms. The summed E-state index contributed by atoms with van der Waals surface area (Å²) in [4.78, 5) is 19.9. The van der Waals surface area contributed by atoms with Crippen LogP contribution < -0.4 is 4.74 Å². The van der Waals surface area contributed by atoms with Gasteiger partial charge in [-0.05, 0) is 65.9 Å². The van der Waals surface area contributed by atoms with E-state index in [9.17, 15) is 18.0 Å². The maximum Gasteiger partial charge on any atom is 0.417 e. The lowest BCUT2D eigenvalue weighted by molar-refractivity contribution is -0.137. The number of aromatic nitrogens is 1. The van der Waals surface area contributed by atoms with Gasteiger partial charge in [-0.1, -0.05) is 36.4 Å². The summed E-state index contributed by atoms with van der Waals surface area (Å²) in [7, 11) is 1.61. The Bertz CT molecular complexity index is 1900. The molecule has 0 unspecified atom stereocenters. The first-order chi connectivity index (χ1) is 19.8. The van der Waals surface area contributed by atoms with Crippen LogP contribution in [0, 0.1) is 0 Å². The Morgan fingerprint density at radius 1 is 1.02 bits per heavy atom. The normalized spacial score (nSPS) is 15.4. The number of H-pyrrole nitrogens is 1. The summed E-state index contributed by atoms with van der Waals surface area (Å²) in [6.07, 6.45) is -3.94. The largest absolute Gasteiger partial charge is 0.497 e. The highest BCUT2D eigenvalue weighted by atomic mass is 32.1. The van der Waals surface area contributed by atoms with E-state index in [-0.39, 0.29) is 17.2 Å². The Morgan fingerprint density at radius 3 is 2.63 bits per heavy atom. The molecule has 0 saturated heterocycles. The lowest BCUT2D eigenvalue weighted by Gasteiger charge is -2.34. The van der Waals surface area contributed by atoms with E-state index < -0.39 is 17.8 Å². The second kappa shape index (κ2) is 9.55. The monoisotopic (exact) mass is 572 g/mol. The van der Waals surface area contributed by atoms with Crippen LogP contribution in [0.25, 0.3) is 32.3 Å². The van der Waals surface area contributed by atoms with Crippen molar-refractivity contribution in [1.82, 2.24) is 9.88 Å². The third-order valence-electron chi connectivity index (χ3n) is 7.63. The standard InChI is InChI=1S/C32H23F3N2O3S/c1-39-19-10-11-24-22(17-19)20-14-15-37(31(38)28-16-18-6-2-5-9-27(18)41-28)30(29(20)36-24)26-13-12-25(40-26)21-7-3-4-8-23(21)32(33,34)35/h2-13,16-17,30,36H,14-15H2,1H3/t30-/m1/s1. The molecule has 0 aliphatic carbocycles. The predicted molar refractivity (Wildman–Crippen MR) is 152 cm³/mol. The van der Waals surface area contributed by atoms with Crippen molar-refractivity contribution in [2.75, 3.05) is 13.7 Å². The highest BCUT2D eigenvalue weighted by Crippen LogP contribution is 2.43. The minimum atomic E-state index is -4.54. The summed E-state index contributed by atoms with van der Waals surface area (Å²) in [6.45, 7) is 0.407. The molecule has 0 spiro atoms. The zero-order chi connectivity index (χ0) is 28.3. The maximum atomic E-state index is 14.1. The molecule has 1 N–H and O–H groups in total. The van der Waals surface area contributed by atoms with Gasteiger partial charge in [-0.2, -0.15) is 13.2 Å². The van der Waals surface area contributed by atoms with E-state index in [0.717, 1.165) is 38.3 Å². The number of rotatable bonds is 4. The molecule has 4 heterocycles. The number of amides is 1. The molecule has 0 radical (unpaired) electrons. The Balaban J connectivity index is 1.37. The van der Waals surface area contributed by atoms with E-state index in [0.29, 0.717) is 29.4 Å². The number of hydrogen-bond donors (Lipinski definition) is 1. The van der Waals surface area contributed by atoms with Crippen molar-refractivity contribution in [3.05, 3.63) is 112 Å². The van der Waals surface area contributed by atoms with Crippen LogP contribution in [0.5, 0.6) is 5.75 Å². The van der Waals surface area contributed by atoms with Crippen molar-refractivity contribution in [1.29, 1.82) is 0 Å². The van der Waals surface area contributed by atoms with Gasteiger partial charge in [0.05, 0.1) is 23.2 Å². The number of furan rings is 1. The van der Waals surface area contributed by atoms with Gasteiger partial charge in [-0.3, -0.25) is 4.79 Å². The number of hydrogen-bond acceptors (Lipinski definition) is 4. The minimum absolute atomic E-state index is 0.0500. The second-order valence-electron chi connectivity index (χ2n) is 9.97. The third kappa shape index (κ3) is 4.28. The van der Waals surface area contributed by atoms with Crippen LogP contribution in [0.15, 0.2) is 89.3 Å². The fourth-order valence-electron chi connectivity index (χ4n) is 5.73. The molecule has 0 bridgehead atoms. The fourth-order valence-corrected chi connectivity index (χ4v) is 6.75. The molecule has 3 aromatic carbocycles. The molecule has 206 valence electrons. The lowest BCUT2D eigenvalue weighted by atomic mass is 9.95. The number of benzene rings is 3. The summed E-state index contributed by atoms with van der Waals surface area (Å²) < 4.78 is 54.1. The molecule has 1 amide bonds. The van der Waals surface area contributed by atoms with Crippen LogP contribution in [0.4, 0.5) is 13.2 Å². The van der Waals surface area contributed by atoms with Crippen molar-refractivity contribution in [2.24, 2.45) is 0 Å². The average Bonchev–Trinajstić information content (AvgIpc) is 3.72. The van der Waals surface area contributed by atoms with Gasteiger partial charge < -0.3 is 19.0 Å². The number of halogens is 3. The Hall–Kier alpha value is -4.50. The van der Waals surface area contributed by atoms with E-state index in [2.05, 4.69) is 4.98 Å². The number of nitrogens with one attached hydrogen (secondary N) is 1. The van der Waals surface area contributed by atoms with E-state index in [4.69, 9.17) is 9.15 Å². The number of carbonyl (C=O) groups is 1. The van der Waals surface area contributed by atoms with Gasteiger partial charge >= 0.3 is 6.18 Å². The van der Waals surface area contributed by atoms with E-state index in [1.165, 1.54) is 23.5 Å². The van der Waals surface area contributed by atoms with Gasteiger partial charge in [-0.25, -0.2) is 0 Å². The zero-order valence-corrected chi connectivity index (χ0v) is 22.6. The Labute approximate surface area is 236 Å². The first-order valence-electron chi connectivity index (χ1n) is 13.1. The number of nitrogens with zero attached hydrogens (tertiary/aromatic N) is 1. The highest BCUT2D eigenvalue weighted by molar-refractivity contribution is 7.20. The number of ether oxygens (including phenoxy) is 1. The molecule has 1 aliphatic heterocycles. The van der Waals surface area contributed by atoms with Crippen LogP contribution in [0.1, 0.15) is 38.3 Å². The smallest absolute Gasteiger partial charge is 0.417 e. The quantitative estimate of drug-likeness (QED) is 0.231. The number of methoxy groups -OCH3 is 1. The van der Waals surface area contributed by atoms with Crippen LogP contribution >= 0.6 is 11.3 Å². The van der Waals surface area contributed by atoms with Crippen LogP contribution in [-0.2, 0) is 12.6 Å². The molecule has 6 aromatic rings. The molecule has 7 rings (SSSR count). The summed E-state index contributed by atoms with van der Waals surface area (Å²) in [5.41, 5.74) is 1.86. The lowest BCUT2D eigenvalue weighted by Crippen LogP contribution is -2.40. The molecule has 5 nitrogen and oxygen atoms in total. The van der Waals surface area contributed by atoms with Crippen LogP contribution in [0.3, 0.4) is 0 Å². The first-order valence-corrected chi connectivity index (χ1v) is 13.9. The molecule has 1 aliphatic rings. The third-order valence-corrected chi connectivity index (χ3v) is 8.73. The maximum absolute atomic E-state index is 14.1. The minimum Gasteiger partial charge on any atom is -0.497 e. The van der Waals surface area contributed by atoms with Gasteiger partial charge in [0.25, 0.3) is 5.91 Å². The number of alkyl halides is 3. The summed E-state index contributed by atoms with van der Waals surface area (Å²) in [5.74, 6) is 1.02. The van der Waals surface area contributed by atoms with Crippen LogP contribution in [0.2, 0.25) is 0 Å². The van der Waals surface area contributed by atoms with Gasteiger partial charge in [0.1, 0.15) is 23.3 Å². The zero-order valence-electron chi connectivity index (χ0n) is 21.8. The van der Waals surface area contributed by atoms with Gasteiger partial charge in [0, 0.05) is 27.7 Å². The van der Waals surface area contributed by atoms with Crippen molar-refractivity contribution in [3.63, 3.8) is 0 Å². The second-order valence-corrected chi connectivity index (χ2v) is 11.1. The Kier molecular flexibility index (Phi) is 5.93. The average molecular weight is 573 g/mol. The number of carbonyl (C=O) groups excluding carboxylic acids is 1. The summed E-state index contributed by atoms with van der Waals surface area (Å²) in [6, 6.07) is 23.3. The van der Waals surface area contributed by atoms with E-state index in [1.807, 2.05) is 48.5 Å². The van der Waals surface area contributed by atoms with Crippen molar-refractivity contribution < 1.29 is 27.1 Å². The molecule has 1 atom stereocenters. The molecule has 0 fully saturated rings. The first kappa shape index (κ1) is 25.5. The molecule has 9 heteroatoms. The van der Waals surface area contributed by atoms with Crippen molar-refractivity contribution in [2.45, 2.75) is 18.6 Å². The molecule has 3 aromatic heterocycles. The van der Waals surface area contributed by atoms with Gasteiger partial charge in [-0.15, -0.1) is 11.3 Å². The SMILES string of the molecule is COc1ccc2[nH]c3c(c2c1)CCN(C(=O)c1cc2ccccc2s1)[C@@H]3c1ccc(-c2ccccc2C(F)(F)F)o1. The number of fused-ring (bicyclic) bond motifs is 4. The summed E-state index contributed by atoms with van der Waals surface area (Å²) in [5, 5.41) is 1.96. The Morgan fingerprint density at radius 2 is 1.83 bits per heavy atom. The van der Waals surface area contributed by atoms with Crippen molar-refractivity contribution >= 4 is 38.2 Å². The van der Waals surface area contributed by atoms with Crippen LogP contribution in [-0.4, -0.2) is 29.4 Å². The molecular formula is C32H23F3N2O3S. The highest BCUT2D eigenvalue weighted by Gasteiger charge is 2.39. The molecular weight excluding hydrogens is 549 g/mol. The van der Waals surface area contributed by atoms with Gasteiger partial charge in [0.2, 0.25) is 0 Å². The molecule has 0 saturated carbocycles. The number of aromatic amines is 1. The van der Waals surface area contributed by atoms with E-state index in [1.54, 1.807) is 30.2 Å². The number of thiophene rings is 1. The van der Waals surface area contributed by atoms with E-state index >= 15 is 0 Å².